The summed E-state index contributed by atoms with van der Waals surface area (Å²) in [4.78, 5) is 11.1. The molecule has 2 rings (SSSR count). The second-order valence-electron chi connectivity index (χ2n) is 4.40. The number of anilines is 1. The zero-order valence-corrected chi connectivity index (χ0v) is 11.1. The lowest BCUT2D eigenvalue weighted by Crippen LogP contribution is -2.12. The third kappa shape index (κ3) is 2.96. The number of hydrogen-bond donors (Lipinski definition) is 2. The van der Waals surface area contributed by atoms with Crippen molar-refractivity contribution in [3.63, 3.8) is 0 Å². The van der Waals surface area contributed by atoms with Crippen LogP contribution in [0.25, 0.3) is 0 Å². The predicted octanol–water partition coefficient (Wildman–Crippen LogP) is 2.47. The highest BCUT2D eigenvalue weighted by molar-refractivity contribution is 5.89. The van der Waals surface area contributed by atoms with Crippen LogP contribution in [0.5, 0.6) is 0 Å². The first kappa shape index (κ1) is 14.0. The van der Waals surface area contributed by atoms with E-state index in [1.54, 1.807) is 35.1 Å². The second-order valence-corrected chi connectivity index (χ2v) is 4.40. The molecule has 6 heteroatoms. The topological polar surface area (TPSA) is 67.2 Å². The predicted molar refractivity (Wildman–Crippen MR) is 73.7 cm³/mol. The summed E-state index contributed by atoms with van der Waals surface area (Å²) in [5.74, 6) is -0.251. The lowest BCUT2D eigenvalue weighted by molar-refractivity contribution is 0.0696. The fourth-order valence-electron chi connectivity index (χ4n) is 2.02. The van der Waals surface area contributed by atoms with Crippen molar-refractivity contribution in [2.24, 2.45) is 0 Å². The van der Waals surface area contributed by atoms with Crippen LogP contribution in [0, 0.1) is 6.92 Å². The van der Waals surface area contributed by atoms with Gasteiger partial charge < -0.3 is 10.4 Å². The van der Waals surface area contributed by atoms with Crippen LogP contribution in [0.1, 0.15) is 21.5 Å². The summed E-state index contributed by atoms with van der Waals surface area (Å²) in [6.45, 7) is 1.90. The van der Waals surface area contributed by atoms with Crippen molar-refractivity contribution in [1.82, 2.24) is 9.78 Å². The molecule has 2 aromatic rings. The van der Waals surface area contributed by atoms with Gasteiger partial charge in [0.15, 0.2) is 0 Å². The number of alkyl halides is 1. The Morgan fingerprint density at radius 3 is 2.90 bits per heavy atom. The first-order chi connectivity index (χ1) is 9.63. The van der Waals surface area contributed by atoms with Crippen LogP contribution in [0.4, 0.5) is 10.2 Å². The number of carbonyl (C=O) groups is 1. The smallest absolute Gasteiger partial charge is 0.336 e. The van der Waals surface area contributed by atoms with Gasteiger partial charge in [0.2, 0.25) is 0 Å². The van der Waals surface area contributed by atoms with Gasteiger partial charge in [-0.05, 0) is 18.6 Å². The number of carboxylic acid groups (broad SMARTS) is 1. The maximum absolute atomic E-state index is 12.4. The lowest BCUT2D eigenvalue weighted by Gasteiger charge is -2.11. The van der Waals surface area contributed by atoms with Crippen LogP contribution in [-0.2, 0) is 13.1 Å². The summed E-state index contributed by atoms with van der Waals surface area (Å²) in [6, 6.07) is 6.79. The third-order valence-electron chi connectivity index (χ3n) is 3.01. The number of benzene rings is 1. The first-order valence-electron chi connectivity index (χ1n) is 6.27. The number of aromatic carboxylic acids is 1. The van der Waals surface area contributed by atoms with Gasteiger partial charge in [-0.1, -0.05) is 18.2 Å². The van der Waals surface area contributed by atoms with Crippen LogP contribution < -0.4 is 5.32 Å². The molecule has 0 aliphatic heterocycles. The van der Waals surface area contributed by atoms with Gasteiger partial charge in [0, 0.05) is 12.1 Å². The van der Waals surface area contributed by atoms with Crippen molar-refractivity contribution in [2.75, 3.05) is 12.0 Å². The van der Waals surface area contributed by atoms with E-state index in [-0.39, 0.29) is 12.1 Å². The van der Waals surface area contributed by atoms with Gasteiger partial charge in [-0.15, -0.1) is 0 Å². The molecule has 0 amide bonds. The van der Waals surface area contributed by atoms with Gasteiger partial charge in [-0.2, -0.15) is 5.10 Å². The maximum atomic E-state index is 12.4. The van der Waals surface area contributed by atoms with Gasteiger partial charge in [-0.25, -0.2) is 13.9 Å². The van der Waals surface area contributed by atoms with Crippen LogP contribution >= 0.6 is 0 Å². The van der Waals surface area contributed by atoms with Crippen molar-refractivity contribution < 1.29 is 14.3 Å². The van der Waals surface area contributed by atoms with E-state index in [9.17, 15) is 9.18 Å². The minimum atomic E-state index is -0.962. The monoisotopic (exact) mass is 277 g/mol. The summed E-state index contributed by atoms with van der Waals surface area (Å²) in [5.41, 5.74) is 1.83. The number of rotatable bonds is 6. The molecular weight excluding hydrogens is 261 g/mol. The molecule has 0 fully saturated rings. The zero-order chi connectivity index (χ0) is 14.5. The summed E-state index contributed by atoms with van der Waals surface area (Å²) in [7, 11) is 0. The van der Waals surface area contributed by atoms with Gasteiger partial charge in [-0.3, -0.25) is 0 Å². The average molecular weight is 277 g/mol. The first-order valence-corrected chi connectivity index (χ1v) is 6.27. The standard InChI is InChI=1S/C14H16FN3O2/c1-10-8-17-18(7-6-15)13(10)16-9-11-4-2-3-5-12(11)14(19)20/h2-5,8,16H,6-7,9H2,1H3,(H,19,20). The quantitative estimate of drug-likeness (QED) is 0.851. The van der Waals surface area contributed by atoms with Crippen molar-refractivity contribution in [3.05, 3.63) is 47.2 Å². The highest BCUT2D eigenvalue weighted by Gasteiger charge is 2.11. The molecule has 0 spiro atoms. The molecule has 0 atom stereocenters. The fraction of sp³-hybridized carbons (Fsp3) is 0.286. The van der Waals surface area contributed by atoms with Gasteiger partial charge in [0.05, 0.1) is 18.3 Å². The summed E-state index contributed by atoms with van der Waals surface area (Å²) >= 11 is 0. The zero-order valence-electron chi connectivity index (χ0n) is 11.1. The molecule has 20 heavy (non-hydrogen) atoms. The molecular formula is C14H16FN3O2. The number of aromatic nitrogens is 2. The SMILES string of the molecule is Cc1cnn(CCF)c1NCc1ccccc1C(=O)O. The summed E-state index contributed by atoms with van der Waals surface area (Å²) in [5, 5.41) is 16.3. The number of nitrogens with zero attached hydrogens (tertiary/aromatic N) is 2. The Kier molecular flexibility index (Phi) is 4.34. The molecule has 0 radical (unpaired) electrons. The van der Waals surface area contributed by atoms with E-state index in [0.717, 1.165) is 5.56 Å². The Balaban J connectivity index is 2.17. The average Bonchev–Trinajstić information content (AvgIpc) is 2.78. The summed E-state index contributed by atoms with van der Waals surface area (Å²) in [6.07, 6.45) is 1.65. The van der Waals surface area contributed by atoms with E-state index in [1.165, 1.54) is 0 Å². The van der Waals surface area contributed by atoms with E-state index in [1.807, 2.05) is 6.92 Å². The van der Waals surface area contributed by atoms with Gasteiger partial charge in [0.25, 0.3) is 0 Å². The molecule has 0 bridgehead atoms. The number of hydrogen-bond acceptors (Lipinski definition) is 3. The molecule has 1 aromatic heterocycles. The highest BCUT2D eigenvalue weighted by atomic mass is 19.1. The van der Waals surface area contributed by atoms with E-state index in [0.29, 0.717) is 17.9 Å². The largest absolute Gasteiger partial charge is 0.478 e. The van der Waals surface area contributed by atoms with Crippen LogP contribution in [0.3, 0.4) is 0 Å². The molecule has 1 aromatic carbocycles. The van der Waals surface area contributed by atoms with Crippen molar-refractivity contribution in [1.29, 1.82) is 0 Å². The van der Waals surface area contributed by atoms with Gasteiger partial charge in [0.1, 0.15) is 12.5 Å². The summed E-state index contributed by atoms with van der Waals surface area (Å²) < 4.78 is 14.0. The van der Waals surface area contributed by atoms with E-state index in [4.69, 9.17) is 5.11 Å². The Labute approximate surface area is 116 Å². The fourth-order valence-corrected chi connectivity index (χ4v) is 2.02. The van der Waals surface area contributed by atoms with E-state index < -0.39 is 12.6 Å². The number of halogens is 1. The lowest BCUT2D eigenvalue weighted by atomic mass is 10.1. The Morgan fingerprint density at radius 2 is 2.20 bits per heavy atom. The van der Waals surface area contributed by atoms with Crippen molar-refractivity contribution in [3.8, 4) is 0 Å². The molecule has 0 unspecified atom stereocenters. The molecule has 5 nitrogen and oxygen atoms in total. The molecule has 0 saturated carbocycles. The minimum absolute atomic E-state index is 0.177. The van der Waals surface area contributed by atoms with E-state index >= 15 is 0 Å². The van der Waals surface area contributed by atoms with Crippen LogP contribution in [0.2, 0.25) is 0 Å². The molecule has 0 saturated heterocycles. The van der Waals surface area contributed by atoms with Crippen LogP contribution in [0.15, 0.2) is 30.5 Å². The normalized spacial score (nSPS) is 10.5. The Bertz CT molecular complexity index is 610. The van der Waals surface area contributed by atoms with E-state index in [2.05, 4.69) is 10.4 Å². The highest BCUT2D eigenvalue weighted by Crippen LogP contribution is 2.17. The van der Waals surface area contributed by atoms with Crippen LogP contribution in [-0.4, -0.2) is 27.5 Å². The third-order valence-corrected chi connectivity index (χ3v) is 3.01. The Hall–Kier alpha value is -2.37. The molecule has 0 aliphatic rings. The second kappa shape index (κ2) is 6.18. The Morgan fingerprint density at radius 1 is 1.45 bits per heavy atom. The van der Waals surface area contributed by atoms with Crippen molar-refractivity contribution >= 4 is 11.8 Å². The number of aryl methyl sites for hydroxylation is 2. The molecule has 106 valence electrons. The minimum Gasteiger partial charge on any atom is -0.478 e. The number of carboxylic acids is 1. The van der Waals surface area contributed by atoms with Crippen molar-refractivity contribution in [2.45, 2.75) is 20.0 Å². The van der Waals surface area contributed by atoms with Gasteiger partial charge >= 0.3 is 5.97 Å². The molecule has 0 aliphatic carbocycles. The molecule has 2 N–H and O–H groups in total. The molecule has 1 heterocycles. The number of nitrogens with one attached hydrogen (secondary N) is 1. The maximum Gasteiger partial charge on any atom is 0.336 e.